The molecule has 0 spiro atoms. The van der Waals surface area contributed by atoms with Crippen molar-refractivity contribution in [3.63, 3.8) is 0 Å². The Labute approximate surface area is 158 Å². The summed E-state index contributed by atoms with van der Waals surface area (Å²) >= 11 is 0. The molecule has 27 heavy (non-hydrogen) atoms. The van der Waals surface area contributed by atoms with Crippen LogP contribution in [0.15, 0.2) is 24.3 Å². The van der Waals surface area contributed by atoms with Gasteiger partial charge in [-0.15, -0.1) is 0 Å². The van der Waals surface area contributed by atoms with Gasteiger partial charge in [0.25, 0.3) is 11.8 Å². The van der Waals surface area contributed by atoms with Gasteiger partial charge in [0.2, 0.25) is 0 Å². The van der Waals surface area contributed by atoms with E-state index in [1.54, 1.807) is 26.0 Å². The lowest BCUT2D eigenvalue weighted by molar-refractivity contribution is -0.147. The third-order valence-electron chi connectivity index (χ3n) is 4.22. The Hall–Kier alpha value is -2.90. The fraction of sp³-hybridized carbons (Fsp3) is 0.474. The Morgan fingerprint density at radius 1 is 1.19 bits per heavy atom. The number of nitrogens with one attached hydrogen (secondary N) is 2. The second-order valence-electron chi connectivity index (χ2n) is 6.87. The molecule has 0 bridgehead atoms. The number of nitrogens with zero attached hydrogens (tertiary/aromatic N) is 1. The number of imide groups is 1. The molecule has 8 nitrogen and oxygen atoms in total. The van der Waals surface area contributed by atoms with Crippen molar-refractivity contribution in [2.24, 2.45) is 0 Å². The predicted octanol–water partition coefficient (Wildman–Crippen LogP) is 1.84. The van der Waals surface area contributed by atoms with Gasteiger partial charge < -0.3 is 15.4 Å². The first-order chi connectivity index (χ1) is 12.7. The van der Waals surface area contributed by atoms with Crippen molar-refractivity contribution in [3.05, 3.63) is 29.8 Å². The molecule has 2 N–H and O–H groups in total. The van der Waals surface area contributed by atoms with E-state index < -0.39 is 23.4 Å². The summed E-state index contributed by atoms with van der Waals surface area (Å²) in [5.74, 6) is -1.31. The zero-order valence-electron chi connectivity index (χ0n) is 15.8. The summed E-state index contributed by atoms with van der Waals surface area (Å²) in [5, 5.41) is 5.22. The van der Waals surface area contributed by atoms with Crippen LogP contribution in [0.25, 0.3) is 0 Å². The molecule has 0 aromatic heterocycles. The lowest BCUT2D eigenvalue weighted by Crippen LogP contribution is -2.40. The van der Waals surface area contributed by atoms with Crippen molar-refractivity contribution < 1.29 is 23.9 Å². The van der Waals surface area contributed by atoms with E-state index in [-0.39, 0.29) is 31.9 Å². The molecule has 2 rings (SSSR count). The minimum absolute atomic E-state index is 0.00989. The highest BCUT2D eigenvalue weighted by molar-refractivity contribution is 6.06. The maximum atomic E-state index is 12.0. The third kappa shape index (κ3) is 5.54. The first kappa shape index (κ1) is 20.4. The minimum Gasteiger partial charge on any atom is -0.456 e. The van der Waals surface area contributed by atoms with Gasteiger partial charge in [0.1, 0.15) is 5.54 Å². The van der Waals surface area contributed by atoms with E-state index in [9.17, 15) is 19.2 Å². The van der Waals surface area contributed by atoms with Crippen LogP contribution < -0.4 is 10.6 Å². The summed E-state index contributed by atoms with van der Waals surface area (Å²) in [7, 11) is 0. The molecular formula is C19H25N3O5. The van der Waals surface area contributed by atoms with Crippen LogP contribution >= 0.6 is 0 Å². The van der Waals surface area contributed by atoms with E-state index in [2.05, 4.69) is 10.6 Å². The fourth-order valence-electron chi connectivity index (χ4n) is 2.64. The van der Waals surface area contributed by atoms with Gasteiger partial charge in [-0.05, 0) is 44.4 Å². The highest BCUT2D eigenvalue weighted by Gasteiger charge is 2.43. The molecular weight excluding hydrogens is 350 g/mol. The van der Waals surface area contributed by atoms with Crippen molar-refractivity contribution in [2.45, 2.75) is 45.6 Å². The van der Waals surface area contributed by atoms with Crippen LogP contribution in [0.4, 0.5) is 10.5 Å². The molecule has 1 fully saturated rings. The van der Waals surface area contributed by atoms with Crippen molar-refractivity contribution in [1.82, 2.24) is 10.2 Å². The Balaban J connectivity index is 1.67. The number of anilines is 1. The molecule has 0 radical (unpaired) electrons. The van der Waals surface area contributed by atoms with Gasteiger partial charge in [0.15, 0.2) is 6.61 Å². The molecule has 146 valence electrons. The monoisotopic (exact) mass is 375 g/mol. The van der Waals surface area contributed by atoms with Crippen LogP contribution in [0, 0.1) is 0 Å². The molecule has 1 aliphatic heterocycles. The number of carbonyl (C=O) groups is 4. The van der Waals surface area contributed by atoms with Gasteiger partial charge in [-0.3, -0.25) is 19.3 Å². The van der Waals surface area contributed by atoms with Gasteiger partial charge in [-0.2, -0.15) is 0 Å². The summed E-state index contributed by atoms with van der Waals surface area (Å²) in [6.45, 7) is 5.02. The number of amides is 4. The zero-order valence-corrected chi connectivity index (χ0v) is 15.8. The van der Waals surface area contributed by atoms with Crippen LogP contribution in [0.5, 0.6) is 0 Å². The summed E-state index contributed by atoms with van der Waals surface area (Å²) in [4.78, 5) is 48.4. The van der Waals surface area contributed by atoms with Gasteiger partial charge in [0, 0.05) is 18.7 Å². The van der Waals surface area contributed by atoms with Crippen LogP contribution in [-0.2, 0) is 25.5 Å². The maximum Gasteiger partial charge on any atom is 0.325 e. The molecule has 1 heterocycles. The maximum absolute atomic E-state index is 12.0. The molecule has 1 saturated heterocycles. The van der Waals surface area contributed by atoms with E-state index in [1.807, 2.05) is 19.1 Å². The number of benzene rings is 1. The van der Waals surface area contributed by atoms with E-state index in [0.717, 1.165) is 16.9 Å². The van der Waals surface area contributed by atoms with Gasteiger partial charge in [0.05, 0.1) is 0 Å². The molecule has 1 aromatic carbocycles. The fourth-order valence-corrected chi connectivity index (χ4v) is 2.64. The molecule has 0 atom stereocenters. The lowest BCUT2D eigenvalue weighted by atomic mass is 10.1. The SMILES string of the molecule is CCc1ccc(NC(=O)COC(=O)CCCN2C(=O)NC(C)(C)C2=O)cc1. The van der Waals surface area contributed by atoms with Gasteiger partial charge in [-0.1, -0.05) is 19.1 Å². The zero-order chi connectivity index (χ0) is 20.0. The first-order valence-corrected chi connectivity index (χ1v) is 8.91. The number of hydrogen-bond donors (Lipinski definition) is 2. The average molecular weight is 375 g/mol. The summed E-state index contributed by atoms with van der Waals surface area (Å²) in [6.07, 6.45) is 1.19. The van der Waals surface area contributed by atoms with Crippen molar-refractivity contribution in [1.29, 1.82) is 0 Å². The summed E-state index contributed by atoms with van der Waals surface area (Å²) < 4.78 is 4.93. The number of esters is 1. The Kier molecular flexibility index (Phi) is 6.55. The highest BCUT2D eigenvalue weighted by atomic mass is 16.5. The van der Waals surface area contributed by atoms with Crippen LogP contribution in [0.1, 0.15) is 39.2 Å². The van der Waals surface area contributed by atoms with Crippen molar-refractivity contribution in [2.75, 3.05) is 18.5 Å². The summed E-state index contributed by atoms with van der Waals surface area (Å²) in [6, 6.07) is 6.94. The smallest absolute Gasteiger partial charge is 0.325 e. The molecule has 0 unspecified atom stereocenters. The number of aryl methyl sites for hydroxylation is 1. The lowest BCUT2D eigenvalue weighted by Gasteiger charge is -2.15. The average Bonchev–Trinajstić information content (AvgIpc) is 2.82. The molecule has 1 aromatic rings. The number of carbonyl (C=O) groups excluding carboxylic acids is 4. The minimum atomic E-state index is -0.926. The standard InChI is InChI=1S/C19H25N3O5/c1-4-13-7-9-14(10-8-13)20-15(23)12-27-16(24)6-5-11-22-17(25)19(2,3)21-18(22)26/h7-10H,4-6,11-12H2,1-3H3,(H,20,23)(H,21,26). The second-order valence-corrected chi connectivity index (χ2v) is 6.87. The molecule has 4 amide bonds. The Morgan fingerprint density at radius 3 is 2.41 bits per heavy atom. The molecule has 0 aliphatic carbocycles. The van der Waals surface area contributed by atoms with Crippen molar-refractivity contribution in [3.8, 4) is 0 Å². The Morgan fingerprint density at radius 2 is 1.85 bits per heavy atom. The molecule has 0 saturated carbocycles. The van der Waals surface area contributed by atoms with Gasteiger partial charge in [-0.25, -0.2) is 4.79 Å². The van der Waals surface area contributed by atoms with E-state index in [1.165, 1.54) is 0 Å². The van der Waals surface area contributed by atoms with Crippen LogP contribution in [0.2, 0.25) is 0 Å². The molecule has 8 heteroatoms. The van der Waals surface area contributed by atoms with E-state index in [0.29, 0.717) is 5.69 Å². The van der Waals surface area contributed by atoms with Crippen LogP contribution in [0.3, 0.4) is 0 Å². The van der Waals surface area contributed by atoms with E-state index >= 15 is 0 Å². The summed E-state index contributed by atoms with van der Waals surface area (Å²) in [5.41, 5.74) is 0.868. The highest BCUT2D eigenvalue weighted by Crippen LogP contribution is 2.17. The number of rotatable bonds is 8. The number of urea groups is 1. The molecule has 1 aliphatic rings. The van der Waals surface area contributed by atoms with Crippen LogP contribution in [-0.4, -0.2) is 47.4 Å². The Bertz CT molecular complexity index is 727. The number of hydrogen-bond acceptors (Lipinski definition) is 5. The van der Waals surface area contributed by atoms with E-state index in [4.69, 9.17) is 4.74 Å². The van der Waals surface area contributed by atoms with Gasteiger partial charge >= 0.3 is 12.0 Å². The largest absolute Gasteiger partial charge is 0.456 e. The number of ether oxygens (including phenoxy) is 1. The second kappa shape index (κ2) is 8.66. The predicted molar refractivity (Wildman–Crippen MR) is 99.0 cm³/mol. The van der Waals surface area contributed by atoms with Crippen molar-refractivity contribution >= 4 is 29.5 Å². The quantitative estimate of drug-likeness (QED) is 0.533. The first-order valence-electron chi connectivity index (χ1n) is 8.91. The topological polar surface area (TPSA) is 105 Å². The third-order valence-corrected chi connectivity index (χ3v) is 4.22. The normalized spacial score (nSPS) is 15.4.